The molecule has 0 fully saturated rings. The molecule has 0 N–H and O–H groups in total. The molecular formula is C13H18N2. The normalized spacial score (nSPS) is 11.5. The molecule has 0 saturated heterocycles. The number of aryl methyl sites for hydroxylation is 1. The smallest absolute Gasteiger partial charge is 0.103 e. The first kappa shape index (κ1) is 11.7. The van der Waals surface area contributed by atoms with Gasteiger partial charge in [-0.15, -0.1) is 0 Å². The summed E-state index contributed by atoms with van der Waals surface area (Å²) in [7, 11) is 1.98. The predicted octanol–water partition coefficient (Wildman–Crippen LogP) is 2.73. The summed E-state index contributed by atoms with van der Waals surface area (Å²) in [5.74, 6) is 0. The molecule has 0 heterocycles. The number of hydrogen-bond acceptors (Lipinski definition) is 2. The highest BCUT2D eigenvalue weighted by molar-refractivity contribution is 5.22. The van der Waals surface area contributed by atoms with Gasteiger partial charge in [-0.3, -0.25) is 4.90 Å². The second-order valence-electron chi connectivity index (χ2n) is 4.52. The summed E-state index contributed by atoms with van der Waals surface area (Å²) in [6, 6.07) is 10.7. The van der Waals surface area contributed by atoms with Crippen LogP contribution in [0.1, 0.15) is 25.0 Å². The van der Waals surface area contributed by atoms with Crippen LogP contribution in [0.5, 0.6) is 0 Å². The Morgan fingerprint density at radius 3 is 2.60 bits per heavy atom. The van der Waals surface area contributed by atoms with Gasteiger partial charge in [0, 0.05) is 6.54 Å². The first-order valence-electron chi connectivity index (χ1n) is 5.14. The SMILES string of the molecule is Cc1cccc(CN(C)C(C)(C)C#N)c1. The third kappa shape index (κ3) is 3.07. The Kier molecular flexibility index (Phi) is 3.49. The van der Waals surface area contributed by atoms with Crippen LogP contribution >= 0.6 is 0 Å². The van der Waals surface area contributed by atoms with E-state index in [-0.39, 0.29) is 0 Å². The summed E-state index contributed by atoms with van der Waals surface area (Å²) in [6.07, 6.45) is 0. The molecular weight excluding hydrogens is 184 g/mol. The van der Waals surface area contributed by atoms with Gasteiger partial charge in [0.05, 0.1) is 6.07 Å². The molecule has 0 amide bonds. The van der Waals surface area contributed by atoms with Gasteiger partial charge in [-0.2, -0.15) is 5.26 Å². The Bertz CT molecular complexity index is 374. The van der Waals surface area contributed by atoms with Gasteiger partial charge < -0.3 is 0 Å². The summed E-state index contributed by atoms with van der Waals surface area (Å²) in [5.41, 5.74) is 2.10. The number of nitrogens with zero attached hydrogens (tertiary/aromatic N) is 2. The van der Waals surface area contributed by atoms with E-state index in [4.69, 9.17) is 5.26 Å². The Labute approximate surface area is 92.1 Å². The molecule has 2 nitrogen and oxygen atoms in total. The van der Waals surface area contributed by atoms with Gasteiger partial charge in [-0.05, 0) is 33.4 Å². The fourth-order valence-electron chi connectivity index (χ4n) is 1.37. The van der Waals surface area contributed by atoms with Crippen molar-refractivity contribution in [3.8, 4) is 6.07 Å². The molecule has 2 heteroatoms. The van der Waals surface area contributed by atoms with E-state index in [1.165, 1.54) is 11.1 Å². The van der Waals surface area contributed by atoms with Crippen molar-refractivity contribution in [1.29, 1.82) is 5.26 Å². The van der Waals surface area contributed by atoms with Crippen molar-refractivity contribution < 1.29 is 0 Å². The average molecular weight is 202 g/mol. The van der Waals surface area contributed by atoms with Crippen molar-refractivity contribution in [1.82, 2.24) is 4.90 Å². The summed E-state index contributed by atoms with van der Waals surface area (Å²) < 4.78 is 0. The van der Waals surface area contributed by atoms with Crippen LogP contribution in [0.15, 0.2) is 24.3 Å². The molecule has 1 rings (SSSR count). The molecule has 0 aliphatic heterocycles. The van der Waals surface area contributed by atoms with Crippen LogP contribution < -0.4 is 0 Å². The zero-order valence-electron chi connectivity index (χ0n) is 9.91. The standard InChI is InChI=1S/C13H18N2/c1-11-6-5-7-12(8-11)9-15(4)13(2,3)10-14/h5-8H,9H2,1-4H3. The van der Waals surface area contributed by atoms with Crippen molar-refractivity contribution >= 4 is 0 Å². The first-order valence-corrected chi connectivity index (χ1v) is 5.14. The van der Waals surface area contributed by atoms with E-state index < -0.39 is 5.54 Å². The quantitative estimate of drug-likeness (QED) is 0.753. The van der Waals surface area contributed by atoms with Crippen LogP contribution in [0.25, 0.3) is 0 Å². The molecule has 0 bridgehead atoms. The molecule has 80 valence electrons. The molecule has 0 aliphatic rings. The number of nitriles is 1. The van der Waals surface area contributed by atoms with E-state index >= 15 is 0 Å². The summed E-state index contributed by atoms with van der Waals surface area (Å²) in [4.78, 5) is 2.06. The van der Waals surface area contributed by atoms with Crippen molar-refractivity contribution in [2.75, 3.05) is 7.05 Å². The van der Waals surface area contributed by atoms with Crippen LogP contribution in [-0.4, -0.2) is 17.5 Å². The van der Waals surface area contributed by atoms with Crippen molar-refractivity contribution in [2.24, 2.45) is 0 Å². The fraction of sp³-hybridized carbons (Fsp3) is 0.462. The zero-order valence-corrected chi connectivity index (χ0v) is 9.91. The van der Waals surface area contributed by atoms with Gasteiger partial charge in [0.15, 0.2) is 0 Å². The molecule has 1 aromatic rings. The number of hydrogen-bond donors (Lipinski definition) is 0. The van der Waals surface area contributed by atoms with E-state index in [1.807, 2.05) is 20.9 Å². The lowest BCUT2D eigenvalue weighted by molar-refractivity contribution is 0.203. The highest BCUT2D eigenvalue weighted by Crippen LogP contribution is 2.15. The molecule has 1 aromatic carbocycles. The molecule has 0 radical (unpaired) electrons. The molecule has 0 atom stereocenters. The van der Waals surface area contributed by atoms with Crippen LogP contribution in [0, 0.1) is 18.3 Å². The third-order valence-corrected chi connectivity index (χ3v) is 2.73. The highest BCUT2D eigenvalue weighted by atomic mass is 15.2. The van der Waals surface area contributed by atoms with Gasteiger partial charge >= 0.3 is 0 Å². The molecule has 0 aliphatic carbocycles. The van der Waals surface area contributed by atoms with Crippen molar-refractivity contribution in [3.05, 3.63) is 35.4 Å². The average Bonchev–Trinajstić information content (AvgIpc) is 2.17. The number of benzene rings is 1. The first-order chi connectivity index (χ1) is 6.95. The van der Waals surface area contributed by atoms with E-state index in [1.54, 1.807) is 0 Å². The third-order valence-electron chi connectivity index (χ3n) is 2.73. The second kappa shape index (κ2) is 4.46. The van der Waals surface area contributed by atoms with E-state index in [2.05, 4.69) is 42.2 Å². The Morgan fingerprint density at radius 2 is 2.07 bits per heavy atom. The van der Waals surface area contributed by atoms with Crippen LogP contribution in [-0.2, 0) is 6.54 Å². The van der Waals surface area contributed by atoms with Gasteiger partial charge in [0.2, 0.25) is 0 Å². The fourth-order valence-corrected chi connectivity index (χ4v) is 1.37. The predicted molar refractivity (Wildman–Crippen MR) is 62.3 cm³/mol. The minimum Gasteiger partial charge on any atom is -0.285 e. The van der Waals surface area contributed by atoms with Crippen molar-refractivity contribution in [2.45, 2.75) is 32.9 Å². The van der Waals surface area contributed by atoms with Crippen LogP contribution in [0.4, 0.5) is 0 Å². The van der Waals surface area contributed by atoms with Crippen molar-refractivity contribution in [3.63, 3.8) is 0 Å². The number of rotatable bonds is 3. The molecule has 0 saturated carbocycles. The highest BCUT2D eigenvalue weighted by Gasteiger charge is 2.22. The molecule has 0 aromatic heterocycles. The lowest BCUT2D eigenvalue weighted by Gasteiger charge is -2.29. The van der Waals surface area contributed by atoms with Gasteiger partial charge in [0.1, 0.15) is 5.54 Å². The maximum atomic E-state index is 9.01. The zero-order chi connectivity index (χ0) is 11.5. The molecule has 15 heavy (non-hydrogen) atoms. The minimum absolute atomic E-state index is 0.413. The maximum Gasteiger partial charge on any atom is 0.103 e. The van der Waals surface area contributed by atoms with Gasteiger partial charge in [0.25, 0.3) is 0 Å². The second-order valence-corrected chi connectivity index (χ2v) is 4.52. The Balaban J connectivity index is 2.76. The lowest BCUT2D eigenvalue weighted by atomic mass is 10.0. The van der Waals surface area contributed by atoms with E-state index in [0.717, 1.165) is 6.54 Å². The topological polar surface area (TPSA) is 27.0 Å². The lowest BCUT2D eigenvalue weighted by Crippen LogP contribution is -2.38. The van der Waals surface area contributed by atoms with Crippen LogP contribution in [0.3, 0.4) is 0 Å². The molecule has 0 spiro atoms. The summed E-state index contributed by atoms with van der Waals surface area (Å²) in [6.45, 7) is 6.76. The Hall–Kier alpha value is -1.33. The van der Waals surface area contributed by atoms with E-state index in [9.17, 15) is 0 Å². The maximum absolute atomic E-state index is 9.01. The van der Waals surface area contributed by atoms with Crippen LogP contribution in [0.2, 0.25) is 0 Å². The Morgan fingerprint density at radius 1 is 1.40 bits per heavy atom. The summed E-state index contributed by atoms with van der Waals surface area (Å²) >= 11 is 0. The monoisotopic (exact) mass is 202 g/mol. The molecule has 0 unspecified atom stereocenters. The van der Waals surface area contributed by atoms with Gasteiger partial charge in [-0.25, -0.2) is 0 Å². The summed E-state index contributed by atoms with van der Waals surface area (Å²) in [5, 5.41) is 9.01. The largest absolute Gasteiger partial charge is 0.285 e. The minimum atomic E-state index is -0.413. The van der Waals surface area contributed by atoms with Gasteiger partial charge in [-0.1, -0.05) is 29.8 Å². The van der Waals surface area contributed by atoms with E-state index in [0.29, 0.717) is 0 Å².